The van der Waals surface area contributed by atoms with E-state index in [2.05, 4.69) is 14.8 Å². The molecule has 0 aromatic heterocycles. The highest BCUT2D eigenvalue weighted by Gasteiger charge is 2.20. The molecule has 0 radical (unpaired) electrons. The van der Waals surface area contributed by atoms with E-state index in [4.69, 9.17) is 0 Å². The van der Waals surface area contributed by atoms with Gasteiger partial charge in [0.2, 0.25) is 10.0 Å². The Morgan fingerprint density at radius 2 is 1.90 bits per heavy atom. The number of benzene rings is 1. The maximum absolute atomic E-state index is 12.0. The van der Waals surface area contributed by atoms with Gasteiger partial charge in [0.05, 0.1) is 5.75 Å². The zero-order valence-corrected chi connectivity index (χ0v) is 12.2. The van der Waals surface area contributed by atoms with Crippen molar-refractivity contribution in [1.82, 2.24) is 5.32 Å². The predicted molar refractivity (Wildman–Crippen MR) is 76.1 cm³/mol. The SMILES string of the molecule is O=S(=O)(CCCNC1CC1)Nc1ccc(OC(F)F)cc1. The Balaban J connectivity index is 1.78. The standard InChI is InChI=1S/C13H18F2N2O3S/c14-13(15)20-12-6-4-11(5-7-12)17-21(18,19)9-1-8-16-10-2-3-10/h4-7,10,13,16-17H,1-3,8-9H2. The van der Waals surface area contributed by atoms with E-state index >= 15 is 0 Å². The van der Waals surface area contributed by atoms with Crippen molar-refractivity contribution in [3.63, 3.8) is 0 Å². The van der Waals surface area contributed by atoms with Crippen LogP contribution in [0.15, 0.2) is 24.3 Å². The van der Waals surface area contributed by atoms with Crippen LogP contribution in [-0.2, 0) is 10.0 Å². The molecule has 0 spiro atoms. The van der Waals surface area contributed by atoms with Crippen molar-refractivity contribution in [2.24, 2.45) is 0 Å². The Morgan fingerprint density at radius 1 is 1.24 bits per heavy atom. The van der Waals surface area contributed by atoms with Crippen LogP contribution in [0.5, 0.6) is 5.75 Å². The molecule has 0 amide bonds. The van der Waals surface area contributed by atoms with Gasteiger partial charge in [0, 0.05) is 11.7 Å². The van der Waals surface area contributed by atoms with Gasteiger partial charge in [-0.05, 0) is 50.1 Å². The molecule has 5 nitrogen and oxygen atoms in total. The largest absolute Gasteiger partial charge is 0.435 e. The number of alkyl halides is 2. The molecular formula is C13H18F2N2O3S. The first-order valence-corrected chi connectivity index (χ1v) is 8.38. The van der Waals surface area contributed by atoms with E-state index < -0.39 is 16.6 Å². The van der Waals surface area contributed by atoms with Crippen molar-refractivity contribution in [3.05, 3.63) is 24.3 Å². The van der Waals surface area contributed by atoms with Crippen LogP contribution in [-0.4, -0.2) is 33.4 Å². The van der Waals surface area contributed by atoms with Crippen LogP contribution in [0.25, 0.3) is 0 Å². The molecule has 0 bridgehead atoms. The van der Waals surface area contributed by atoms with Crippen molar-refractivity contribution in [3.8, 4) is 5.75 Å². The van der Waals surface area contributed by atoms with E-state index in [0.717, 1.165) is 12.8 Å². The lowest BCUT2D eigenvalue weighted by atomic mass is 10.3. The Hall–Kier alpha value is -1.41. The summed E-state index contributed by atoms with van der Waals surface area (Å²) in [6, 6.07) is 5.91. The summed E-state index contributed by atoms with van der Waals surface area (Å²) in [5.74, 6) is 0.00345. The molecule has 0 heterocycles. The topological polar surface area (TPSA) is 67.4 Å². The minimum absolute atomic E-state index is 0.0124. The van der Waals surface area contributed by atoms with Crippen LogP contribution in [0.4, 0.5) is 14.5 Å². The quantitative estimate of drug-likeness (QED) is 0.684. The minimum atomic E-state index is -3.43. The van der Waals surface area contributed by atoms with Crippen LogP contribution < -0.4 is 14.8 Å². The zero-order valence-electron chi connectivity index (χ0n) is 11.4. The number of rotatable bonds is 9. The summed E-state index contributed by atoms with van der Waals surface area (Å²) in [6.07, 6.45) is 2.86. The van der Waals surface area contributed by atoms with Crippen LogP contribution in [0.3, 0.4) is 0 Å². The third kappa shape index (κ3) is 6.26. The number of hydrogen-bond acceptors (Lipinski definition) is 4. The molecule has 0 saturated heterocycles. The van der Waals surface area contributed by atoms with E-state index in [1.807, 2.05) is 0 Å². The molecule has 118 valence electrons. The summed E-state index contributed by atoms with van der Waals surface area (Å²) in [5, 5.41) is 3.24. The Bertz CT molecular complexity index is 545. The molecule has 2 rings (SSSR count). The van der Waals surface area contributed by atoms with Crippen molar-refractivity contribution >= 4 is 15.7 Å². The molecule has 0 unspecified atom stereocenters. The number of hydrogen-bond donors (Lipinski definition) is 2. The molecule has 1 aliphatic carbocycles. The van der Waals surface area contributed by atoms with Gasteiger partial charge in [0.15, 0.2) is 0 Å². The summed E-state index contributed by atoms with van der Waals surface area (Å²) < 4.78 is 54.2. The summed E-state index contributed by atoms with van der Waals surface area (Å²) in [7, 11) is -3.43. The average molecular weight is 320 g/mol. The van der Waals surface area contributed by atoms with Gasteiger partial charge in [-0.2, -0.15) is 8.78 Å². The maximum Gasteiger partial charge on any atom is 0.387 e. The normalized spacial score (nSPS) is 15.2. The van der Waals surface area contributed by atoms with Crippen molar-refractivity contribution < 1.29 is 21.9 Å². The second-order valence-corrected chi connectivity index (χ2v) is 6.75. The van der Waals surface area contributed by atoms with E-state index in [1.165, 1.54) is 24.3 Å². The first-order chi connectivity index (χ1) is 9.94. The molecule has 0 aliphatic heterocycles. The van der Waals surface area contributed by atoms with Crippen LogP contribution in [0.2, 0.25) is 0 Å². The minimum Gasteiger partial charge on any atom is -0.435 e. The van der Waals surface area contributed by atoms with Gasteiger partial charge in [0.1, 0.15) is 5.75 Å². The molecule has 1 aromatic rings. The monoisotopic (exact) mass is 320 g/mol. The molecule has 8 heteroatoms. The van der Waals surface area contributed by atoms with Crippen LogP contribution in [0.1, 0.15) is 19.3 Å². The molecule has 1 aliphatic rings. The van der Waals surface area contributed by atoms with E-state index in [-0.39, 0.29) is 11.5 Å². The number of halogens is 2. The van der Waals surface area contributed by atoms with Gasteiger partial charge in [0.25, 0.3) is 0 Å². The summed E-state index contributed by atoms with van der Waals surface area (Å²) in [4.78, 5) is 0. The fraction of sp³-hybridized carbons (Fsp3) is 0.538. The average Bonchev–Trinajstić information content (AvgIpc) is 3.20. The number of sulfonamides is 1. The van der Waals surface area contributed by atoms with E-state index in [1.54, 1.807) is 0 Å². The lowest BCUT2D eigenvalue weighted by molar-refractivity contribution is -0.0498. The van der Waals surface area contributed by atoms with Gasteiger partial charge < -0.3 is 10.1 Å². The Labute approximate surface area is 122 Å². The zero-order chi connectivity index (χ0) is 15.3. The molecule has 0 atom stereocenters. The summed E-state index contributed by atoms with van der Waals surface area (Å²) in [6.45, 7) is -2.22. The van der Waals surface area contributed by atoms with E-state index in [9.17, 15) is 17.2 Å². The van der Waals surface area contributed by atoms with Crippen molar-refractivity contribution in [2.75, 3.05) is 17.0 Å². The second-order valence-electron chi connectivity index (χ2n) is 4.91. The van der Waals surface area contributed by atoms with Crippen LogP contribution >= 0.6 is 0 Å². The molecule has 1 saturated carbocycles. The van der Waals surface area contributed by atoms with Gasteiger partial charge in [-0.3, -0.25) is 4.72 Å². The smallest absolute Gasteiger partial charge is 0.387 e. The Morgan fingerprint density at radius 3 is 2.48 bits per heavy atom. The molecule has 1 fully saturated rings. The number of ether oxygens (including phenoxy) is 1. The second kappa shape index (κ2) is 7.04. The van der Waals surface area contributed by atoms with E-state index in [0.29, 0.717) is 24.7 Å². The highest BCUT2D eigenvalue weighted by Crippen LogP contribution is 2.19. The first kappa shape index (κ1) is 16.0. The maximum atomic E-state index is 12.0. The third-order valence-electron chi connectivity index (χ3n) is 2.95. The lowest BCUT2D eigenvalue weighted by Crippen LogP contribution is -2.23. The fourth-order valence-corrected chi connectivity index (χ4v) is 2.91. The van der Waals surface area contributed by atoms with Gasteiger partial charge in [-0.25, -0.2) is 8.42 Å². The summed E-state index contributed by atoms with van der Waals surface area (Å²) >= 11 is 0. The summed E-state index contributed by atoms with van der Waals surface area (Å²) in [5.41, 5.74) is 0.326. The highest BCUT2D eigenvalue weighted by atomic mass is 32.2. The Kier molecular flexibility index (Phi) is 5.35. The molecular weight excluding hydrogens is 302 g/mol. The van der Waals surface area contributed by atoms with Crippen LogP contribution in [0, 0.1) is 0 Å². The fourth-order valence-electron chi connectivity index (χ4n) is 1.79. The molecule has 21 heavy (non-hydrogen) atoms. The number of anilines is 1. The van der Waals surface area contributed by atoms with Gasteiger partial charge in [-0.15, -0.1) is 0 Å². The van der Waals surface area contributed by atoms with Crippen molar-refractivity contribution in [2.45, 2.75) is 31.9 Å². The third-order valence-corrected chi connectivity index (χ3v) is 4.33. The molecule has 2 N–H and O–H groups in total. The lowest BCUT2D eigenvalue weighted by Gasteiger charge is -2.09. The van der Waals surface area contributed by atoms with Gasteiger partial charge in [-0.1, -0.05) is 0 Å². The predicted octanol–water partition coefficient (Wildman–Crippen LogP) is 2.17. The molecule has 1 aromatic carbocycles. The first-order valence-electron chi connectivity index (χ1n) is 6.73. The van der Waals surface area contributed by atoms with Crippen molar-refractivity contribution in [1.29, 1.82) is 0 Å². The highest BCUT2D eigenvalue weighted by molar-refractivity contribution is 7.92. The number of nitrogens with one attached hydrogen (secondary N) is 2. The van der Waals surface area contributed by atoms with Gasteiger partial charge >= 0.3 is 6.61 Å².